The average Bonchev–Trinajstić information content (AvgIpc) is 3.16. The predicted octanol–water partition coefficient (Wildman–Crippen LogP) is 4.05. The van der Waals surface area contributed by atoms with Crippen LogP contribution >= 0.6 is 11.6 Å². The van der Waals surface area contributed by atoms with Gasteiger partial charge in [0.1, 0.15) is 0 Å². The highest BCUT2D eigenvalue weighted by Gasteiger charge is 2.60. The number of β-amino-alcohol motifs (C(OH)–C–C–N with tert-alkyl or cyclic N) is 1. The normalized spacial score (nSPS) is 33.3. The molecule has 5 heteroatoms. The Balaban J connectivity index is 1.19. The van der Waals surface area contributed by atoms with Crippen LogP contribution in [0.2, 0.25) is 5.02 Å². The Kier molecular flexibility index (Phi) is 6.30. The molecule has 3 aliphatic rings. The summed E-state index contributed by atoms with van der Waals surface area (Å²) in [4.78, 5) is 4.85. The van der Waals surface area contributed by atoms with Gasteiger partial charge in [0, 0.05) is 44.3 Å². The Bertz CT molecular complexity index is 682. The van der Waals surface area contributed by atoms with Crippen molar-refractivity contribution < 1.29 is 9.84 Å². The summed E-state index contributed by atoms with van der Waals surface area (Å²) < 4.78 is 6.37. The Morgan fingerprint density at radius 3 is 2.38 bits per heavy atom. The first-order chi connectivity index (χ1) is 13.8. The molecule has 3 fully saturated rings. The van der Waals surface area contributed by atoms with Gasteiger partial charge in [0.2, 0.25) is 0 Å². The zero-order chi connectivity index (χ0) is 20.6. The van der Waals surface area contributed by atoms with Crippen molar-refractivity contribution in [2.75, 3.05) is 39.3 Å². The van der Waals surface area contributed by atoms with Crippen molar-refractivity contribution in [1.29, 1.82) is 0 Å². The molecule has 1 aromatic carbocycles. The summed E-state index contributed by atoms with van der Waals surface area (Å²) in [6.45, 7) is 13.3. The van der Waals surface area contributed by atoms with E-state index in [9.17, 15) is 5.11 Å². The number of aliphatic hydroxyl groups excluding tert-OH is 1. The molecule has 4 atom stereocenters. The summed E-state index contributed by atoms with van der Waals surface area (Å²) in [5.41, 5.74) is 1.85. The van der Waals surface area contributed by atoms with Gasteiger partial charge in [0.15, 0.2) is 0 Å². The number of ether oxygens (including phenoxy) is 1. The molecule has 162 valence electrons. The molecule has 0 unspecified atom stereocenters. The van der Waals surface area contributed by atoms with E-state index >= 15 is 0 Å². The van der Waals surface area contributed by atoms with E-state index in [2.05, 4.69) is 42.7 Å². The second-order valence-corrected chi connectivity index (χ2v) is 10.9. The zero-order valence-corrected chi connectivity index (χ0v) is 19.0. The Morgan fingerprint density at radius 1 is 1.10 bits per heavy atom. The van der Waals surface area contributed by atoms with Crippen molar-refractivity contribution >= 4 is 11.6 Å². The van der Waals surface area contributed by atoms with E-state index in [4.69, 9.17) is 16.3 Å². The first-order valence-corrected chi connectivity index (χ1v) is 11.6. The van der Waals surface area contributed by atoms with E-state index in [-0.39, 0.29) is 11.5 Å². The molecule has 2 bridgehead atoms. The first kappa shape index (κ1) is 21.6. The summed E-state index contributed by atoms with van der Waals surface area (Å²) >= 11 is 5.98. The molecule has 1 heterocycles. The Morgan fingerprint density at radius 2 is 1.76 bits per heavy atom. The number of aliphatic hydroxyl groups is 1. The van der Waals surface area contributed by atoms with Crippen LogP contribution in [-0.2, 0) is 11.3 Å². The maximum absolute atomic E-state index is 10.6. The number of hydrogen-bond acceptors (Lipinski definition) is 4. The van der Waals surface area contributed by atoms with Crippen molar-refractivity contribution in [1.82, 2.24) is 9.80 Å². The monoisotopic (exact) mass is 420 g/mol. The number of fused-ring (bicyclic) bond motifs is 2. The summed E-state index contributed by atoms with van der Waals surface area (Å²) in [6.07, 6.45) is 3.77. The summed E-state index contributed by atoms with van der Waals surface area (Å²) in [6, 6.07) is 8.13. The van der Waals surface area contributed by atoms with Crippen molar-refractivity contribution in [3.8, 4) is 0 Å². The highest BCUT2D eigenvalue weighted by molar-refractivity contribution is 6.30. The minimum Gasteiger partial charge on any atom is -0.389 e. The molecule has 1 aliphatic heterocycles. The molecule has 2 saturated carbocycles. The molecule has 1 aromatic rings. The number of halogens is 1. The second-order valence-electron chi connectivity index (χ2n) is 10.5. The lowest BCUT2D eigenvalue weighted by Crippen LogP contribution is -2.49. The van der Waals surface area contributed by atoms with E-state index in [1.807, 2.05) is 12.1 Å². The van der Waals surface area contributed by atoms with Gasteiger partial charge >= 0.3 is 0 Å². The van der Waals surface area contributed by atoms with Crippen LogP contribution in [0.3, 0.4) is 0 Å². The van der Waals surface area contributed by atoms with Crippen molar-refractivity contribution in [2.24, 2.45) is 16.7 Å². The molecule has 0 radical (unpaired) electrons. The number of rotatable bonds is 7. The van der Waals surface area contributed by atoms with Crippen LogP contribution in [0.25, 0.3) is 0 Å². The Labute approximate surface area is 181 Å². The lowest BCUT2D eigenvalue weighted by molar-refractivity contribution is -0.114. The molecule has 29 heavy (non-hydrogen) atoms. The van der Waals surface area contributed by atoms with E-state index in [0.717, 1.165) is 43.7 Å². The van der Waals surface area contributed by atoms with Crippen LogP contribution in [0.1, 0.15) is 45.6 Å². The Hall–Kier alpha value is -0.650. The average molecular weight is 421 g/mol. The lowest BCUT2D eigenvalue weighted by atomic mass is 9.70. The minimum atomic E-state index is -0.406. The van der Waals surface area contributed by atoms with Gasteiger partial charge in [0.05, 0.1) is 18.8 Å². The number of piperazine rings is 1. The van der Waals surface area contributed by atoms with Gasteiger partial charge in [-0.15, -0.1) is 0 Å². The fraction of sp³-hybridized carbons (Fsp3) is 0.750. The predicted molar refractivity (Wildman–Crippen MR) is 118 cm³/mol. The van der Waals surface area contributed by atoms with Crippen LogP contribution in [-0.4, -0.2) is 66.4 Å². The lowest BCUT2D eigenvalue weighted by Gasteiger charge is -2.43. The smallest absolute Gasteiger partial charge is 0.0900 e. The maximum Gasteiger partial charge on any atom is 0.0900 e. The van der Waals surface area contributed by atoms with Crippen LogP contribution in [0.15, 0.2) is 24.3 Å². The third-order valence-electron chi connectivity index (χ3n) is 7.85. The highest BCUT2D eigenvalue weighted by atomic mass is 35.5. The topological polar surface area (TPSA) is 35.9 Å². The zero-order valence-electron chi connectivity index (χ0n) is 18.2. The fourth-order valence-electron chi connectivity index (χ4n) is 6.21. The fourth-order valence-corrected chi connectivity index (χ4v) is 6.33. The number of benzene rings is 1. The molecule has 0 amide bonds. The number of nitrogens with zero attached hydrogens (tertiary/aromatic N) is 2. The SMILES string of the molecule is CC1(C)[C@@H]2CC[C@](C)(C2)[C@@H]1OC[C@H](O)CN1CCN(Cc2ccc(Cl)cc2)CC1. The third kappa shape index (κ3) is 4.67. The van der Waals surface area contributed by atoms with Crippen molar-refractivity contribution in [3.63, 3.8) is 0 Å². The second kappa shape index (κ2) is 8.47. The van der Waals surface area contributed by atoms with Crippen LogP contribution in [0.4, 0.5) is 0 Å². The van der Waals surface area contributed by atoms with Crippen LogP contribution in [0, 0.1) is 16.7 Å². The van der Waals surface area contributed by atoms with Gasteiger partial charge in [-0.25, -0.2) is 0 Å². The van der Waals surface area contributed by atoms with Gasteiger partial charge in [-0.05, 0) is 53.7 Å². The van der Waals surface area contributed by atoms with Gasteiger partial charge in [-0.2, -0.15) is 0 Å². The molecule has 1 saturated heterocycles. The summed E-state index contributed by atoms with van der Waals surface area (Å²) in [5, 5.41) is 11.4. The molecule has 4 nitrogen and oxygen atoms in total. The van der Waals surface area contributed by atoms with Gasteiger partial charge in [0.25, 0.3) is 0 Å². The quantitative estimate of drug-likeness (QED) is 0.721. The standard InChI is InChI=1S/C24H37ClN2O2/c1-23(2)19-8-9-24(3,14-19)22(23)29-17-21(28)16-27-12-10-26(11-13-27)15-18-4-6-20(25)7-5-18/h4-7,19,21-22,28H,8-17H2,1-3H3/t19-,21-,22-,24-/m1/s1. The third-order valence-corrected chi connectivity index (χ3v) is 8.10. The minimum absolute atomic E-state index is 0.236. The summed E-state index contributed by atoms with van der Waals surface area (Å²) in [5.74, 6) is 0.781. The highest BCUT2D eigenvalue weighted by Crippen LogP contribution is 2.63. The molecular weight excluding hydrogens is 384 g/mol. The van der Waals surface area contributed by atoms with E-state index in [1.54, 1.807) is 0 Å². The van der Waals surface area contributed by atoms with Gasteiger partial charge in [-0.1, -0.05) is 44.5 Å². The molecule has 1 N–H and O–H groups in total. The molecule has 0 aromatic heterocycles. The van der Waals surface area contributed by atoms with Crippen LogP contribution in [0.5, 0.6) is 0 Å². The van der Waals surface area contributed by atoms with Crippen molar-refractivity contribution in [3.05, 3.63) is 34.9 Å². The molecular formula is C24H37ClN2O2. The van der Waals surface area contributed by atoms with E-state index in [1.165, 1.54) is 24.8 Å². The van der Waals surface area contributed by atoms with Crippen molar-refractivity contribution in [2.45, 2.75) is 58.8 Å². The largest absolute Gasteiger partial charge is 0.389 e. The maximum atomic E-state index is 10.6. The van der Waals surface area contributed by atoms with Gasteiger partial charge < -0.3 is 9.84 Å². The van der Waals surface area contributed by atoms with Crippen LogP contribution < -0.4 is 0 Å². The molecule has 2 aliphatic carbocycles. The summed E-state index contributed by atoms with van der Waals surface area (Å²) in [7, 11) is 0. The van der Waals surface area contributed by atoms with E-state index < -0.39 is 6.10 Å². The molecule has 4 rings (SSSR count). The van der Waals surface area contributed by atoms with E-state index in [0.29, 0.717) is 18.6 Å². The number of hydrogen-bond donors (Lipinski definition) is 1. The first-order valence-electron chi connectivity index (χ1n) is 11.2. The molecule has 0 spiro atoms. The van der Waals surface area contributed by atoms with Gasteiger partial charge in [-0.3, -0.25) is 9.80 Å².